The van der Waals surface area contributed by atoms with Gasteiger partial charge < -0.3 is 9.88 Å². The molecule has 0 aromatic carbocycles. The van der Waals surface area contributed by atoms with Crippen LogP contribution in [0.25, 0.3) is 0 Å². The van der Waals surface area contributed by atoms with E-state index < -0.39 is 0 Å². The van der Waals surface area contributed by atoms with Gasteiger partial charge in [0.15, 0.2) is 0 Å². The Morgan fingerprint density at radius 3 is 3.05 bits per heavy atom. The lowest BCUT2D eigenvalue weighted by atomic mass is 10.1. The molecule has 2 heterocycles. The monoisotopic (exact) mass is 275 g/mol. The third kappa shape index (κ3) is 4.22. The van der Waals surface area contributed by atoms with Crippen molar-refractivity contribution in [3.8, 4) is 0 Å². The zero-order valence-electron chi connectivity index (χ0n) is 12.0. The van der Waals surface area contributed by atoms with Gasteiger partial charge in [0.2, 0.25) is 0 Å². The van der Waals surface area contributed by atoms with Gasteiger partial charge in [-0.3, -0.25) is 9.89 Å². The van der Waals surface area contributed by atoms with Gasteiger partial charge in [0.25, 0.3) is 5.91 Å². The minimum atomic E-state index is -0.123. The molecule has 2 rings (SSSR count). The summed E-state index contributed by atoms with van der Waals surface area (Å²) >= 11 is 0. The number of rotatable bonds is 7. The lowest BCUT2D eigenvalue weighted by molar-refractivity contribution is 0.0947. The molecule has 1 amide bonds. The third-order valence-electron chi connectivity index (χ3n) is 2.93. The highest BCUT2D eigenvalue weighted by molar-refractivity contribution is 5.92. The van der Waals surface area contributed by atoms with Crippen molar-refractivity contribution in [1.82, 2.24) is 25.1 Å². The van der Waals surface area contributed by atoms with Crippen LogP contribution in [0, 0.1) is 5.92 Å². The van der Waals surface area contributed by atoms with Crippen LogP contribution in [0.1, 0.15) is 36.5 Å². The Morgan fingerprint density at radius 1 is 1.50 bits per heavy atom. The predicted octanol–water partition coefficient (Wildman–Crippen LogP) is 1.62. The van der Waals surface area contributed by atoms with E-state index in [1.165, 1.54) is 0 Å². The van der Waals surface area contributed by atoms with Crippen molar-refractivity contribution in [2.45, 2.75) is 33.2 Å². The zero-order valence-corrected chi connectivity index (χ0v) is 12.0. The Hall–Kier alpha value is -2.11. The van der Waals surface area contributed by atoms with Gasteiger partial charge in [-0.2, -0.15) is 5.10 Å². The number of amides is 1. The minimum Gasteiger partial charge on any atom is -0.351 e. The Morgan fingerprint density at radius 2 is 2.35 bits per heavy atom. The molecule has 0 fully saturated rings. The number of aromatic nitrogens is 4. The Kier molecular flexibility index (Phi) is 4.92. The maximum Gasteiger partial charge on any atom is 0.271 e. The van der Waals surface area contributed by atoms with E-state index >= 15 is 0 Å². The second-order valence-electron chi connectivity index (χ2n) is 5.29. The molecule has 0 radical (unpaired) electrons. The van der Waals surface area contributed by atoms with Gasteiger partial charge in [0, 0.05) is 31.2 Å². The molecule has 20 heavy (non-hydrogen) atoms. The molecule has 0 unspecified atom stereocenters. The molecule has 0 saturated carbocycles. The van der Waals surface area contributed by atoms with Crippen LogP contribution >= 0.6 is 0 Å². The van der Waals surface area contributed by atoms with Crippen molar-refractivity contribution in [2.75, 3.05) is 6.54 Å². The number of carbonyl (C=O) groups is 1. The third-order valence-corrected chi connectivity index (χ3v) is 2.93. The van der Waals surface area contributed by atoms with Crippen LogP contribution in [0.2, 0.25) is 0 Å². The molecule has 2 N–H and O–H groups in total. The van der Waals surface area contributed by atoms with Crippen LogP contribution in [0.3, 0.4) is 0 Å². The maximum atomic E-state index is 11.9. The highest BCUT2D eigenvalue weighted by Crippen LogP contribution is 2.06. The van der Waals surface area contributed by atoms with Crippen LogP contribution in [0.5, 0.6) is 0 Å². The van der Waals surface area contributed by atoms with Crippen LogP contribution in [0.4, 0.5) is 0 Å². The van der Waals surface area contributed by atoms with Crippen LogP contribution in [-0.4, -0.2) is 32.2 Å². The second kappa shape index (κ2) is 6.88. The standard InChI is InChI=1S/C14H21N5O/c1-11(2)8-12-9-13(18-17-12)14(20)16-4-3-6-19-7-5-15-10-19/h5,7,9-11H,3-4,6,8H2,1-2H3,(H,16,20)(H,17,18). The molecule has 0 bridgehead atoms. The quantitative estimate of drug-likeness (QED) is 0.754. The maximum absolute atomic E-state index is 11.9. The van der Waals surface area contributed by atoms with Gasteiger partial charge in [-0.1, -0.05) is 13.8 Å². The molecule has 0 spiro atoms. The fourth-order valence-corrected chi connectivity index (χ4v) is 2.00. The van der Waals surface area contributed by atoms with Crippen molar-refractivity contribution >= 4 is 5.91 Å². The zero-order chi connectivity index (χ0) is 14.4. The number of hydrogen-bond donors (Lipinski definition) is 2. The van der Waals surface area contributed by atoms with Crippen molar-refractivity contribution < 1.29 is 4.79 Å². The average Bonchev–Trinajstić information content (AvgIpc) is 3.04. The molecule has 6 nitrogen and oxygen atoms in total. The van der Waals surface area contributed by atoms with E-state index in [0.717, 1.165) is 25.1 Å². The average molecular weight is 275 g/mol. The molecule has 0 aliphatic carbocycles. The normalized spacial score (nSPS) is 10.9. The van der Waals surface area contributed by atoms with E-state index in [-0.39, 0.29) is 5.91 Å². The van der Waals surface area contributed by atoms with E-state index in [1.807, 2.05) is 16.8 Å². The molecule has 108 valence electrons. The smallest absolute Gasteiger partial charge is 0.271 e. The first-order chi connectivity index (χ1) is 9.65. The lowest BCUT2D eigenvalue weighted by Crippen LogP contribution is -2.25. The number of carbonyl (C=O) groups excluding carboxylic acids is 1. The summed E-state index contributed by atoms with van der Waals surface area (Å²) in [5, 5.41) is 9.83. The van der Waals surface area contributed by atoms with Crippen LogP contribution in [-0.2, 0) is 13.0 Å². The van der Waals surface area contributed by atoms with Crippen molar-refractivity contribution in [1.29, 1.82) is 0 Å². The van der Waals surface area contributed by atoms with E-state index in [9.17, 15) is 4.79 Å². The summed E-state index contributed by atoms with van der Waals surface area (Å²) in [4.78, 5) is 15.9. The number of imidazole rings is 1. The highest BCUT2D eigenvalue weighted by atomic mass is 16.1. The molecule has 2 aromatic rings. The van der Waals surface area contributed by atoms with Crippen molar-refractivity contribution in [3.05, 3.63) is 36.2 Å². The molecular formula is C14H21N5O. The summed E-state index contributed by atoms with van der Waals surface area (Å²) in [5.74, 6) is 0.420. The van der Waals surface area contributed by atoms with Crippen molar-refractivity contribution in [3.63, 3.8) is 0 Å². The summed E-state index contributed by atoms with van der Waals surface area (Å²) in [6, 6.07) is 1.82. The molecule has 0 atom stereocenters. The number of H-pyrrole nitrogens is 1. The first kappa shape index (κ1) is 14.3. The fraction of sp³-hybridized carbons (Fsp3) is 0.500. The van der Waals surface area contributed by atoms with E-state index in [0.29, 0.717) is 18.2 Å². The van der Waals surface area contributed by atoms with Gasteiger partial charge >= 0.3 is 0 Å². The topological polar surface area (TPSA) is 75.6 Å². The largest absolute Gasteiger partial charge is 0.351 e. The number of aryl methyl sites for hydroxylation is 1. The van der Waals surface area contributed by atoms with Gasteiger partial charge in [-0.15, -0.1) is 0 Å². The first-order valence-electron chi connectivity index (χ1n) is 6.93. The number of aromatic amines is 1. The van der Waals surface area contributed by atoms with Gasteiger partial charge in [-0.05, 0) is 24.8 Å². The first-order valence-corrected chi connectivity index (χ1v) is 6.93. The Bertz CT molecular complexity index is 530. The van der Waals surface area contributed by atoms with Crippen LogP contribution < -0.4 is 5.32 Å². The molecule has 0 aliphatic rings. The number of nitrogens with zero attached hydrogens (tertiary/aromatic N) is 3. The summed E-state index contributed by atoms with van der Waals surface area (Å²) < 4.78 is 1.99. The van der Waals surface area contributed by atoms with E-state index in [2.05, 4.69) is 34.3 Å². The minimum absolute atomic E-state index is 0.123. The summed E-state index contributed by atoms with van der Waals surface area (Å²) in [5.41, 5.74) is 1.46. The highest BCUT2D eigenvalue weighted by Gasteiger charge is 2.10. The second-order valence-corrected chi connectivity index (χ2v) is 5.29. The SMILES string of the molecule is CC(C)Cc1cc(C(=O)NCCCn2ccnc2)n[nH]1. The summed E-state index contributed by atoms with van der Waals surface area (Å²) in [6.07, 6.45) is 7.20. The van der Waals surface area contributed by atoms with Gasteiger partial charge in [-0.25, -0.2) is 4.98 Å². The number of hydrogen-bond acceptors (Lipinski definition) is 3. The van der Waals surface area contributed by atoms with Gasteiger partial charge in [0.1, 0.15) is 5.69 Å². The molecule has 0 saturated heterocycles. The molecule has 6 heteroatoms. The predicted molar refractivity (Wildman–Crippen MR) is 76.3 cm³/mol. The summed E-state index contributed by atoms with van der Waals surface area (Å²) in [7, 11) is 0. The van der Waals surface area contributed by atoms with E-state index in [1.54, 1.807) is 12.5 Å². The Balaban J connectivity index is 1.72. The molecule has 0 aliphatic heterocycles. The summed E-state index contributed by atoms with van der Waals surface area (Å²) in [6.45, 7) is 5.75. The van der Waals surface area contributed by atoms with Gasteiger partial charge in [0.05, 0.1) is 6.33 Å². The van der Waals surface area contributed by atoms with Crippen molar-refractivity contribution in [2.24, 2.45) is 5.92 Å². The number of nitrogens with one attached hydrogen (secondary N) is 2. The Labute approximate surface area is 118 Å². The lowest BCUT2D eigenvalue weighted by Gasteiger charge is -2.03. The molecule has 2 aromatic heterocycles. The molecular weight excluding hydrogens is 254 g/mol. The van der Waals surface area contributed by atoms with E-state index in [4.69, 9.17) is 0 Å². The van der Waals surface area contributed by atoms with Crippen LogP contribution in [0.15, 0.2) is 24.8 Å². The fourth-order valence-electron chi connectivity index (χ4n) is 2.00.